The Bertz CT molecular complexity index is 296. The quantitative estimate of drug-likeness (QED) is 0.735. The van der Waals surface area contributed by atoms with E-state index in [1.165, 1.54) is 25.3 Å². The summed E-state index contributed by atoms with van der Waals surface area (Å²) in [5.74, 6) is 0. The first kappa shape index (κ1) is 9.98. The number of halogens is 3. The van der Waals surface area contributed by atoms with Gasteiger partial charge in [-0.1, -0.05) is 6.07 Å². The van der Waals surface area contributed by atoms with Crippen molar-refractivity contribution in [1.82, 2.24) is 4.98 Å². The molecule has 0 aliphatic carbocycles. The molecule has 2 nitrogen and oxygen atoms in total. The maximum atomic E-state index is 12.2. The van der Waals surface area contributed by atoms with E-state index in [0.717, 1.165) is 0 Å². The molecule has 2 N–H and O–H groups in total. The van der Waals surface area contributed by atoms with Crippen LogP contribution in [-0.2, 0) is 0 Å². The third-order valence-electron chi connectivity index (χ3n) is 1.74. The Morgan fingerprint density at radius 1 is 1.46 bits per heavy atom. The van der Waals surface area contributed by atoms with Crippen molar-refractivity contribution in [2.24, 2.45) is 5.73 Å². The van der Waals surface area contributed by atoms with Gasteiger partial charge in [-0.15, -0.1) is 0 Å². The molecule has 0 saturated heterocycles. The van der Waals surface area contributed by atoms with Crippen LogP contribution in [0, 0.1) is 6.92 Å². The highest BCUT2D eigenvalue weighted by Gasteiger charge is 2.38. The predicted octanol–water partition coefficient (Wildman–Crippen LogP) is 1.95. The van der Waals surface area contributed by atoms with Crippen molar-refractivity contribution in [3.63, 3.8) is 0 Å². The highest BCUT2D eigenvalue weighted by molar-refractivity contribution is 5.23. The summed E-state index contributed by atoms with van der Waals surface area (Å²) in [6.07, 6.45) is -2.98. The molecule has 1 rings (SSSR count). The predicted molar refractivity (Wildman–Crippen MR) is 42.0 cm³/mol. The minimum absolute atomic E-state index is 0.0231. The van der Waals surface area contributed by atoms with Gasteiger partial charge in [0.2, 0.25) is 0 Å². The van der Waals surface area contributed by atoms with Gasteiger partial charge in [-0.2, -0.15) is 13.2 Å². The zero-order valence-corrected chi connectivity index (χ0v) is 6.97. The van der Waals surface area contributed by atoms with Crippen LogP contribution in [-0.4, -0.2) is 11.2 Å². The number of alkyl halides is 3. The molecule has 0 spiro atoms. The lowest BCUT2D eigenvalue weighted by Crippen LogP contribution is -2.29. The van der Waals surface area contributed by atoms with E-state index >= 15 is 0 Å². The summed E-state index contributed by atoms with van der Waals surface area (Å²) >= 11 is 0. The smallest absolute Gasteiger partial charge is 0.316 e. The van der Waals surface area contributed by atoms with Crippen molar-refractivity contribution in [2.75, 3.05) is 0 Å². The normalized spacial score (nSPS) is 14.2. The summed E-state index contributed by atoms with van der Waals surface area (Å²) in [5.41, 5.74) is 5.34. The Morgan fingerprint density at radius 3 is 2.54 bits per heavy atom. The molecule has 1 aromatic heterocycles. The van der Waals surface area contributed by atoms with Gasteiger partial charge in [-0.3, -0.25) is 4.98 Å². The molecular weight excluding hydrogens is 181 g/mol. The molecule has 1 unspecified atom stereocenters. The second-order valence-corrected chi connectivity index (χ2v) is 2.70. The number of rotatable bonds is 1. The van der Waals surface area contributed by atoms with Crippen molar-refractivity contribution in [2.45, 2.75) is 19.1 Å². The second-order valence-electron chi connectivity index (χ2n) is 2.70. The zero-order valence-electron chi connectivity index (χ0n) is 6.97. The third-order valence-corrected chi connectivity index (χ3v) is 1.74. The Kier molecular flexibility index (Phi) is 2.56. The lowest BCUT2D eigenvalue weighted by Gasteiger charge is -2.16. The van der Waals surface area contributed by atoms with Gasteiger partial charge in [0.25, 0.3) is 0 Å². The van der Waals surface area contributed by atoms with E-state index in [9.17, 15) is 13.2 Å². The maximum absolute atomic E-state index is 12.2. The Hall–Kier alpha value is -1.10. The molecule has 72 valence electrons. The molecule has 1 aromatic rings. The fourth-order valence-electron chi connectivity index (χ4n) is 1.00. The van der Waals surface area contributed by atoms with Crippen LogP contribution in [0.5, 0.6) is 0 Å². The molecule has 0 radical (unpaired) electrons. The lowest BCUT2D eigenvalue weighted by molar-refractivity contribution is -0.149. The van der Waals surface area contributed by atoms with E-state index < -0.39 is 12.2 Å². The van der Waals surface area contributed by atoms with Crippen molar-refractivity contribution >= 4 is 0 Å². The number of nitrogens with two attached hydrogens (primary N) is 1. The molecule has 0 aliphatic rings. The SMILES string of the molecule is Cc1ncccc1C(N)C(F)(F)F. The molecule has 0 fully saturated rings. The lowest BCUT2D eigenvalue weighted by atomic mass is 10.1. The van der Waals surface area contributed by atoms with Gasteiger partial charge in [0.05, 0.1) is 0 Å². The molecular formula is C8H9F3N2. The Balaban J connectivity index is 3.02. The van der Waals surface area contributed by atoms with E-state index in [4.69, 9.17) is 5.73 Å². The molecule has 0 aliphatic heterocycles. The van der Waals surface area contributed by atoms with Gasteiger partial charge in [-0.25, -0.2) is 0 Å². The first-order chi connectivity index (χ1) is 5.93. The summed E-state index contributed by atoms with van der Waals surface area (Å²) in [7, 11) is 0. The number of pyridine rings is 1. The van der Waals surface area contributed by atoms with E-state index in [-0.39, 0.29) is 5.56 Å². The summed E-state index contributed by atoms with van der Waals surface area (Å²) in [6, 6.07) is 0.829. The molecule has 0 saturated carbocycles. The maximum Gasteiger partial charge on any atom is 0.407 e. The highest BCUT2D eigenvalue weighted by Crippen LogP contribution is 2.31. The van der Waals surface area contributed by atoms with Gasteiger partial charge in [-0.05, 0) is 18.6 Å². The van der Waals surface area contributed by atoms with Gasteiger partial charge in [0.1, 0.15) is 6.04 Å². The number of hydrogen-bond donors (Lipinski definition) is 1. The van der Waals surface area contributed by atoms with E-state index in [1.807, 2.05) is 0 Å². The van der Waals surface area contributed by atoms with Crippen LogP contribution in [0.15, 0.2) is 18.3 Å². The van der Waals surface area contributed by atoms with Crippen LogP contribution in [0.2, 0.25) is 0 Å². The fraction of sp³-hybridized carbons (Fsp3) is 0.375. The van der Waals surface area contributed by atoms with Crippen molar-refractivity contribution in [3.05, 3.63) is 29.6 Å². The van der Waals surface area contributed by atoms with Crippen LogP contribution in [0.25, 0.3) is 0 Å². The van der Waals surface area contributed by atoms with Gasteiger partial charge in [0.15, 0.2) is 0 Å². The zero-order chi connectivity index (χ0) is 10.1. The summed E-state index contributed by atoms with van der Waals surface area (Å²) in [5, 5.41) is 0. The second kappa shape index (κ2) is 3.33. The molecule has 0 amide bonds. The third kappa shape index (κ3) is 2.18. The van der Waals surface area contributed by atoms with Crippen LogP contribution in [0.4, 0.5) is 13.2 Å². The van der Waals surface area contributed by atoms with Crippen molar-refractivity contribution in [3.8, 4) is 0 Å². The highest BCUT2D eigenvalue weighted by atomic mass is 19.4. The number of hydrogen-bond acceptors (Lipinski definition) is 2. The number of nitrogens with zero attached hydrogens (tertiary/aromatic N) is 1. The van der Waals surface area contributed by atoms with Gasteiger partial charge in [0, 0.05) is 11.9 Å². The summed E-state index contributed by atoms with van der Waals surface area (Å²) < 4.78 is 36.5. The minimum atomic E-state index is -4.41. The average molecular weight is 190 g/mol. The van der Waals surface area contributed by atoms with E-state index in [2.05, 4.69) is 4.98 Å². The Morgan fingerprint density at radius 2 is 2.08 bits per heavy atom. The van der Waals surface area contributed by atoms with E-state index in [0.29, 0.717) is 5.69 Å². The fourth-order valence-corrected chi connectivity index (χ4v) is 1.00. The first-order valence-electron chi connectivity index (χ1n) is 3.66. The number of aryl methyl sites for hydroxylation is 1. The minimum Gasteiger partial charge on any atom is -0.316 e. The average Bonchev–Trinajstić information content (AvgIpc) is 2.02. The molecule has 5 heteroatoms. The topological polar surface area (TPSA) is 38.9 Å². The molecule has 0 aromatic carbocycles. The Labute approximate surface area is 73.6 Å². The van der Waals surface area contributed by atoms with Crippen LogP contribution in [0.3, 0.4) is 0 Å². The standard InChI is InChI=1S/C8H9F3N2/c1-5-6(3-2-4-13-5)7(12)8(9,10)11/h2-4,7H,12H2,1H3. The van der Waals surface area contributed by atoms with Gasteiger partial charge < -0.3 is 5.73 Å². The summed E-state index contributed by atoms with van der Waals surface area (Å²) in [6.45, 7) is 1.50. The van der Waals surface area contributed by atoms with Gasteiger partial charge >= 0.3 is 6.18 Å². The van der Waals surface area contributed by atoms with Crippen molar-refractivity contribution < 1.29 is 13.2 Å². The monoisotopic (exact) mass is 190 g/mol. The van der Waals surface area contributed by atoms with Crippen LogP contribution in [0.1, 0.15) is 17.3 Å². The van der Waals surface area contributed by atoms with E-state index in [1.54, 1.807) is 0 Å². The van der Waals surface area contributed by atoms with Crippen LogP contribution < -0.4 is 5.73 Å². The number of aromatic nitrogens is 1. The molecule has 0 bridgehead atoms. The molecule has 13 heavy (non-hydrogen) atoms. The molecule has 1 heterocycles. The van der Waals surface area contributed by atoms with Crippen LogP contribution >= 0.6 is 0 Å². The largest absolute Gasteiger partial charge is 0.407 e. The first-order valence-corrected chi connectivity index (χ1v) is 3.66. The van der Waals surface area contributed by atoms with Crippen molar-refractivity contribution in [1.29, 1.82) is 0 Å². The molecule has 1 atom stereocenters. The summed E-state index contributed by atoms with van der Waals surface area (Å²) in [4.78, 5) is 3.73.